The van der Waals surface area contributed by atoms with E-state index >= 15 is 0 Å². The quantitative estimate of drug-likeness (QED) is 0.890. The summed E-state index contributed by atoms with van der Waals surface area (Å²) in [6, 6.07) is 5.61. The molecular weight excluding hydrogens is 300 g/mol. The fraction of sp³-hybridized carbons (Fsp3) is 0.333. The van der Waals surface area contributed by atoms with Gasteiger partial charge in [-0.3, -0.25) is 0 Å². The highest BCUT2D eigenvalue weighted by Crippen LogP contribution is 2.25. The van der Waals surface area contributed by atoms with Crippen LogP contribution in [0.2, 0.25) is 0 Å². The normalized spacial score (nSPS) is 12.2. The third-order valence-corrected chi connectivity index (χ3v) is 6.76. The third kappa shape index (κ3) is 3.43. The molecule has 0 saturated carbocycles. The maximum absolute atomic E-state index is 12.4. The Morgan fingerprint density at radius 1 is 1.37 bits per heavy atom. The van der Waals surface area contributed by atoms with Gasteiger partial charge in [-0.1, -0.05) is 6.07 Å². The Hall–Kier alpha value is -0.730. The summed E-state index contributed by atoms with van der Waals surface area (Å²) in [7, 11) is 0.0778. The van der Waals surface area contributed by atoms with Crippen molar-refractivity contribution < 1.29 is 8.42 Å². The minimum absolute atomic E-state index is 0.400. The Morgan fingerprint density at radius 3 is 2.79 bits per heavy atom. The first kappa shape index (κ1) is 14.7. The molecule has 0 amide bonds. The molecule has 0 aliphatic rings. The van der Waals surface area contributed by atoms with Crippen molar-refractivity contribution in [2.45, 2.75) is 17.3 Å². The van der Waals surface area contributed by atoms with Gasteiger partial charge in [0, 0.05) is 25.0 Å². The molecule has 1 N–H and O–H groups in total. The first-order valence-corrected chi connectivity index (χ1v) is 8.94. The molecule has 0 bridgehead atoms. The first-order chi connectivity index (χ1) is 9.04. The van der Waals surface area contributed by atoms with Crippen molar-refractivity contribution in [1.29, 1.82) is 0 Å². The van der Waals surface area contributed by atoms with Crippen LogP contribution in [0.4, 0.5) is 0 Å². The standard InChI is InChI=1S/C12H16N2O2S3/c1-13-7-10-6-12(18-9-10)19(15,16)14(2)8-11-4-3-5-17-11/h3-6,9,13H,7-8H2,1-2H3. The number of thiophene rings is 2. The largest absolute Gasteiger partial charge is 0.316 e. The summed E-state index contributed by atoms with van der Waals surface area (Å²) >= 11 is 2.83. The van der Waals surface area contributed by atoms with Gasteiger partial charge in [-0.2, -0.15) is 4.31 Å². The maximum atomic E-state index is 12.4. The highest BCUT2D eigenvalue weighted by Gasteiger charge is 2.23. The molecule has 2 aromatic heterocycles. The van der Waals surface area contributed by atoms with Crippen molar-refractivity contribution in [3.05, 3.63) is 39.4 Å². The van der Waals surface area contributed by atoms with Gasteiger partial charge in [-0.15, -0.1) is 22.7 Å². The van der Waals surface area contributed by atoms with Crippen LogP contribution in [-0.2, 0) is 23.1 Å². The van der Waals surface area contributed by atoms with E-state index in [1.807, 2.05) is 29.9 Å². The second kappa shape index (κ2) is 6.15. The van der Waals surface area contributed by atoms with Crippen LogP contribution in [0, 0.1) is 0 Å². The molecule has 0 spiro atoms. The summed E-state index contributed by atoms with van der Waals surface area (Å²) in [5, 5.41) is 6.84. The zero-order valence-electron chi connectivity index (χ0n) is 10.8. The molecule has 0 fully saturated rings. The van der Waals surface area contributed by atoms with Gasteiger partial charge < -0.3 is 5.32 Å². The zero-order valence-corrected chi connectivity index (χ0v) is 13.2. The van der Waals surface area contributed by atoms with Crippen LogP contribution in [0.15, 0.2) is 33.2 Å². The molecule has 0 aliphatic heterocycles. The van der Waals surface area contributed by atoms with E-state index in [4.69, 9.17) is 0 Å². The molecule has 2 heterocycles. The fourth-order valence-corrected chi connectivity index (χ4v) is 5.05. The molecule has 0 radical (unpaired) electrons. The molecule has 104 valence electrons. The second-order valence-corrected chi connectivity index (χ2v) is 8.36. The topological polar surface area (TPSA) is 49.4 Å². The number of hydrogen-bond donors (Lipinski definition) is 1. The van der Waals surface area contributed by atoms with Crippen molar-refractivity contribution in [2.75, 3.05) is 14.1 Å². The SMILES string of the molecule is CNCc1csc(S(=O)(=O)N(C)Cc2cccs2)c1. The summed E-state index contributed by atoms with van der Waals surface area (Å²) in [6.07, 6.45) is 0. The van der Waals surface area contributed by atoms with Crippen LogP contribution in [0.5, 0.6) is 0 Å². The summed E-state index contributed by atoms with van der Waals surface area (Å²) in [6.45, 7) is 1.10. The van der Waals surface area contributed by atoms with Crippen LogP contribution in [0.3, 0.4) is 0 Å². The number of nitrogens with one attached hydrogen (secondary N) is 1. The molecule has 0 atom stereocenters. The zero-order chi connectivity index (χ0) is 13.9. The monoisotopic (exact) mass is 316 g/mol. The van der Waals surface area contributed by atoms with Gasteiger partial charge in [0.05, 0.1) is 0 Å². The lowest BCUT2D eigenvalue weighted by Gasteiger charge is -2.14. The molecule has 0 saturated heterocycles. The molecule has 4 nitrogen and oxygen atoms in total. The predicted molar refractivity (Wildman–Crippen MR) is 80.1 cm³/mol. The number of rotatable bonds is 6. The summed E-state index contributed by atoms with van der Waals surface area (Å²) in [5.41, 5.74) is 0.996. The second-order valence-electron chi connectivity index (χ2n) is 4.14. The summed E-state index contributed by atoms with van der Waals surface area (Å²) < 4.78 is 26.6. The van der Waals surface area contributed by atoms with E-state index in [1.165, 1.54) is 15.6 Å². The van der Waals surface area contributed by atoms with Gasteiger partial charge in [-0.05, 0) is 35.5 Å². The van der Waals surface area contributed by atoms with Gasteiger partial charge in [0.25, 0.3) is 10.0 Å². The van der Waals surface area contributed by atoms with E-state index < -0.39 is 10.0 Å². The number of sulfonamides is 1. The summed E-state index contributed by atoms with van der Waals surface area (Å²) in [4.78, 5) is 1.04. The third-order valence-electron chi connectivity index (χ3n) is 2.63. The summed E-state index contributed by atoms with van der Waals surface area (Å²) in [5.74, 6) is 0. The van der Waals surface area contributed by atoms with E-state index in [0.29, 0.717) is 17.3 Å². The lowest BCUT2D eigenvalue weighted by Crippen LogP contribution is -2.25. The Bertz CT molecular complexity index is 617. The minimum Gasteiger partial charge on any atom is -0.316 e. The predicted octanol–water partition coefficient (Wildman–Crippen LogP) is 2.35. The van der Waals surface area contributed by atoms with Gasteiger partial charge in [0.1, 0.15) is 4.21 Å². The minimum atomic E-state index is -3.38. The van der Waals surface area contributed by atoms with Crippen molar-refractivity contribution in [2.24, 2.45) is 0 Å². The Balaban J connectivity index is 2.16. The van der Waals surface area contributed by atoms with E-state index in [-0.39, 0.29) is 0 Å². The average Bonchev–Trinajstić information content (AvgIpc) is 3.00. The maximum Gasteiger partial charge on any atom is 0.252 e. The Morgan fingerprint density at radius 2 is 2.16 bits per heavy atom. The van der Waals surface area contributed by atoms with E-state index in [2.05, 4.69) is 5.32 Å². The van der Waals surface area contributed by atoms with E-state index in [1.54, 1.807) is 24.5 Å². The van der Waals surface area contributed by atoms with E-state index in [9.17, 15) is 8.42 Å². The smallest absolute Gasteiger partial charge is 0.252 e. The van der Waals surface area contributed by atoms with Crippen LogP contribution in [0.25, 0.3) is 0 Å². The van der Waals surface area contributed by atoms with Crippen molar-refractivity contribution >= 4 is 32.7 Å². The van der Waals surface area contributed by atoms with Crippen LogP contribution in [-0.4, -0.2) is 26.8 Å². The van der Waals surface area contributed by atoms with Crippen molar-refractivity contribution in [1.82, 2.24) is 9.62 Å². The van der Waals surface area contributed by atoms with E-state index in [0.717, 1.165) is 10.4 Å². The lowest BCUT2D eigenvalue weighted by atomic mass is 10.3. The van der Waals surface area contributed by atoms with Crippen LogP contribution < -0.4 is 5.32 Å². The van der Waals surface area contributed by atoms with Gasteiger partial charge >= 0.3 is 0 Å². The van der Waals surface area contributed by atoms with Crippen LogP contribution in [0.1, 0.15) is 10.4 Å². The van der Waals surface area contributed by atoms with Gasteiger partial charge in [0.15, 0.2) is 0 Å². The molecule has 0 unspecified atom stereocenters. The molecule has 0 aliphatic carbocycles. The van der Waals surface area contributed by atoms with Crippen LogP contribution >= 0.6 is 22.7 Å². The molecule has 19 heavy (non-hydrogen) atoms. The molecule has 7 heteroatoms. The van der Waals surface area contributed by atoms with Gasteiger partial charge in [-0.25, -0.2) is 8.42 Å². The Kier molecular flexibility index (Phi) is 4.75. The van der Waals surface area contributed by atoms with Gasteiger partial charge in [0.2, 0.25) is 0 Å². The number of hydrogen-bond acceptors (Lipinski definition) is 5. The molecular formula is C12H16N2O2S3. The Labute approximate surface area is 121 Å². The number of nitrogens with zero attached hydrogens (tertiary/aromatic N) is 1. The average molecular weight is 316 g/mol. The van der Waals surface area contributed by atoms with Crippen molar-refractivity contribution in [3.63, 3.8) is 0 Å². The fourth-order valence-electron chi connectivity index (χ4n) is 1.65. The van der Waals surface area contributed by atoms with Crippen molar-refractivity contribution in [3.8, 4) is 0 Å². The first-order valence-electron chi connectivity index (χ1n) is 5.75. The molecule has 0 aromatic carbocycles. The highest BCUT2D eigenvalue weighted by molar-refractivity contribution is 7.91. The highest BCUT2D eigenvalue weighted by atomic mass is 32.2. The molecule has 2 rings (SSSR count). The molecule has 2 aromatic rings. The lowest BCUT2D eigenvalue weighted by molar-refractivity contribution is 0.471.